The van der Waals surface area contributed by atoms with Crippen molar-refractivity contribution in [1.29, 1.82) is 0 Å². The normalized spacial score (nSPS) is 19.2. The summed E-state index contributed by atoms with van der Waals surface area (Å²) in [7, 11) is 1.48. The first kappa shape index (κ1) is 15.9. The SMILES string of the molecule is O=S(=O)(Cl)c1ccc(OCCCC2CCCO2)c(Cl)c1. The molecular formula is C13H16Cl2O4S. The highest BCUT2D eigenvalue weighted by atomic mass is 35.7. The molecule has 1 aromatic carbocycles. The molecule has 0 N–H and O–H groups in total. The van der Waals surface area contributed by atoms with Crippen molar-refractivity contribution in [3.63, 3.8) is 0 Å². The standard InChI is InChI=1S/C13H16Cl2O4S/c14-12-9-11(20(15,16)17)5-6-13(12)19-8-2-4-10-3-1-7-18-10/h5-6,9-10H,1-4,7-8H2. The molecule has 2 rings (SSSR count). The Kier molecular flexibility index (Phi) is 5.55. The van der Waals surface area contributed by atoms with Gasteiger partial charge in [-0.05, 0) is 43.9 Å². The molecule has 1 aromatic rings. The highest BCUT2D eigenvalue weighted by Gasteiger charge is 2.15. The van der Waals surface area contributed by atoms with Gasteiger partial charge in [-0.25, -0.2) is 8.42 Å². The maximum Gasteiger partial charge on any atom is 0.261 e. The number of benzene rings is 1. The molecule has 1 heterocycles. The molecule has 1 aliphatic rings. The van der Waals surface area contributed by atoms with Gasteiger partial charge in [-0.1, -0.05) is 11.6 Å². The van der Waals surface area contributed by atoms with E-state index in [0.717, 1.165) is 32.3 Å². The Morgan fingerprint density at radius 1 is 1.40 bits per heavy atom. The van der Waals surface area contributed by atoms with Crippen LogP contribution >= 0.6 is 22.3 Å². The lowest BCUT2D eigenvalue weighted by Crippen LogP contribution is -2.07. The highest BCUT2D eigenvalue weighted by molar-refractivity contribution is 8.13. The van der Waals surface area contributed by atoms with E-state index in [1.54, 1.807) is 0 Å². The summed E-state index contributed by atoms with van der Waals surface area (Å²) in [5.41, 5.74) is 0. The summed E-state index contributed by atoms with van der Waals surface area (Å²) in [6.45, 7) is 1.37. The molecule has 4 nitrogen and oxygen atoms in total. The van der Waals surface area contributed by atoms with Crippen LogP contribution in [0.1, 0.15) is 25.7 Å². The lowest BCUT2D eigenvalue weighted by Gasteiger charge is -2.11. The summed E-state index contributed by atoms with van der Waals surface area (Å²) in [6, 6.07) is 4.19. The monoisotopic (exact) mass is 338 g/mol. The van der Waals surface area contributed by atoms with Crippen molar-refractivity contribution in [1.82, 2.24) is 0 Å². The van der Waals surface area contributed by atoms with Gasteiger partial charge in [-0.15, -0.1) is 0 Å². The fourth-order valence-corrected chi connectivity index (χ4v) is 3.19. The second-order valence-corrected chi connectivity index (χ2v) is 7.63. The van der Waals surface area contributed by atoms with Crippen LogP contribution in [0.25, 0.3) is 0 Å². The van der Waals surface area contributed by atoms with Crippen LogP contribution in [0, 0.1) is 0 Å². The molecule has 0 aromatic heterocycles. The summed E-state index contributed by atoms with van der Waals surface area (Å²) in [5.74, 6) is 0.461. The average molecular weight is 339 g/mol. The Labute approximate surface area is 128 Å². The molecule has 1 unspecified atom stereocenters. The van der Waals surface area contributed by atoms with Crippen molar-refractivity contribution in [2.24, 2.45) is 0 Å². The van der Waals surface area contributed by atoms with E-state index < -0.39 is 9.05 Å². The van der Waals surface area contributed by atoms with Gasteiger partial charge in [-0.3, -0.25) is 0 Å². The fraction of sp³-hybridized carbons (Fsp3) is 0.538. The molecule has 0 spiro atoms. The minimum atomic E-state index is -3.76. The Morgan fingerprint density at radius 3 is 2.80 bits per heavy atom. The third-order valence-electron chi connectivity index (χ3n) is 3.14. The first-order chi connectivity index (χ1) is 9.47. The van der Waals surface area contributed by atoms with Crippen LogP contribution in [0.15, 0.2) is 23.1 Å². The minimum Gasteiger partial charge on any atom is -0.492 e. The van der Waals surface area contributed by atoms with Gasteiger partial charge in [0.25, 0.3) is 9.05 Å². The van der Waals surface area contributed by atoms with Gasteiger partial charge in [0.05, 0.1) is 22.6 Å². The summed E-state index contributed by atoms with van der Waals surface area (Å²) in [5, 5.41) is 0.240. The van der Waals surface area contributed by atoms with E-state index in [0.29, 0.717) is 18.5 Å². The van der Waals surface area contributed by atoms with E-state index in [1.165, 1.54) is 18.2 Å². The molecule has 1 saturated heterocycles. The quantitative estimate of drug-likeness (QED) is 0.587. The van der Waals surface area contributed by atoms with Gasteiger partial charge in [0.15, 0.2) is 0 Å². The summed E-state index contributed by atoms with van der Waals surface area (Å²) in [6.07, 6.45) is 4.43. The van der Waals surface area contributed by atoms with Crippen LogP contribution in [0.3, 0.4) is 0 Å². The van der Waals surface area contributed by atoms with Gasteiger partial charge < -0.3 is 9.47 Å². The number of rotatable bonds is 6. The molecular weight excluding hydrogens is 323 g/mol. The maximum absolute atomic E-state index is 11.2. The zero-order valence-electron chi connectivity index (χ0n) is 10.8. The minimum absolute atomic E-state index is 0.0316. The third kappa shape index (κ3) is 4.52. The Balaban J connectivity index is 1.83. The van der Waals surface area contributed by atoms with E-state index in [4.69, 9.17) is 31.8 Å². The van der Waals surface area contributed by atoms with Crippen molar-refractivity contribution >= 4 is 31.3 Å². The molecule has 1 atom stereocenters. The molecule has 1 aliphatic heterocycles. The van der Waals surface area contributed by atoms with Gasteiger partial charge in [0.2, 0.25) is 0 Å². The summed E-state index contributed by atoms with van der Waals surface area (Å²) >= 11 is 5.97. The first-order valence-corrected chi connectivity index (χ1v) is 9.14. The maximum atomic E-state index is 11.2. The van der Waals surface area contributed by atoms with Gasteiger partial charge >= 0.3 is 0 Å². The largest absolute Gasteiger partial charge is 0.492 e. The van der Waals surface area contributed by atoms with Gasteiger partial charge in [-0.2, -0.15) is 0 Å². The number of halogens is 2. The smallest absolute Gasteiger partial charge is 0.261 e. The molecule has 20 heavy (non-hydrogen) atoms. The Morgan fingerprint density at radius 2 is 2.20 bits per heavy atom. The third-order valence-corrected chi connectivity index (χ3v) is 4.78. The van der Waals surface area contributed by atoms with Crippen molar-refractivity contribution in [2.45, 2.75) is 36.7 Å². The van der Waals surface area contributed by atoms with Crippen molar-refractivity contribution in [2.75, 3.05) is 13.2 Å². The Bertz CT molecular complexity index is 553. The predicted molar refractivity (Wildman–Crippen MR) is 78.2 cm³/mol. The first-order valence-electron chi connectivity index (χ1n) is 6.45. The average Bonchev–Trinajstić information content (AvgIpc) is 2.88. The van der Waals surface area contributed by atoms with Crippen LogP contribution in [0.5, 0.6) is 5.75 Å². The second-order valence-electron chi connectivity index (χ2n) is 4.66. The van der Waals surface area contributed by atoms with Crippen LogP contribution in [0.4, 0.5) is 0 Å². The van der Waals surface area contributed by atoms with Crippen molar-refractivity contribution in [3.05, 3.63) is 23.2 Å². The molecule has 112 valence electrons. The van der Waals surface area contributed by atoms with Crippen LogP contribution < -0.4 is 4.74 Å². The van der Waals surface area contributed by atoms with E-state index in [9.17, 15) is 8.42 Å². The molecule has 0 radical (unpaired) electrons. The van der Waals surface area contributed by atoms with E-state index in [-0.39, 0.29) is 9.92 Å². The molecule has 1 fully saturated rings. The number of hydrogen-bond acceptors (Lipinski definition) is 4. The van der Waals surface area contributed by atoms with Crippen LogP contribution in [-0.4, -0.2) is 27.7 Å². The van der Waals surface area contributed by atoms with E-state index >= 15 is 0 Å². The summed E-state index contributed by atoms with van der Waals surface area (Å²) < 4.78 is 33.4. The topological polar surface area (TPSA) is 52.6 Å². The zero-order valence-corrected chi connectivity index (χ0v) is 13.2. The fourth-order valence-electron chi connectivity index (χ4n) is 2.12. The Hall–Kier alpha value is -0.490. The molecule has 7 heteroatoms. The lowest BCUT2D eigenvalue weighted by atomic mass is 10.1. The van der Waals surface area contributed by atoms with E-state index in [1.807, 2.05) is 0 Å². The number of ether oxygens (including phenoxy) is 2. The molecule has 0 amide bonds. The zero-order chi connectivity index (χ0) is 14.6. The molecule has 0 bridgehead atoms. The molecule has 0 aliphatic carbocycles. The van der Waals surface area contributed by atoms with Crippen molar-refractivity contribution < 1.29 is 17.9 Å². The van der Waals surface area contributed by atoms with Crippen molar-refractivity contribution in [3.8, 4) is 5.75 Å². The summed E-state index contributed by atoms with van der Waals surface area (Å²) in [4.78, 5) is -0.0316. The van der Waals surface area contributed by atoms with Crippen LogP contribution in [0.2, 0.25) is 5.02 Å². The second kappa shape index (κ2) is 6.98. The van der Waals surface area contributed by atoms with E-state index in [2.05, 4.69) is 0 Å². The number of hydrogen-bond donors (Lipinski definition) is 0. The van der Waals surface area contributed by atoms with Crippen LogP contribution in [-0.2, 0) is 13.8 Å². The highest BCUT2D eigenvalue weighted by Crippen LogP contribution is 2.29. The van der Waals surface area contributed by atoms with Gasteiger partial charge in [0, 0.05) is 17.3 Å². The predicted octanol–water partition coefficient (Wildman–Crippen LogP) is 3.61. The molecule has 0 saturated carbocycles. The lowest BCUT2D eigenvalue weighted by molar-refractivity contribution is 0.0981. The van der Waals surface area contributed by atoms with Gasteiger partial charge in [0.1, 0.15) is 5.75 Å².